The van der Waals surface area contributed by atoms with Crippen molar-refractivity contribution in [2.75, 3.05) is 37.9 Å². The van der Waals surface area contributed by atoms with E-state index in [9.17, 15) is 9.59 Å². The van der Waals surface area contributed by atoms with E-state index in [1.54, 1.807) is 0 Å². The highest BCUT2D eigenvalue weighted by molar-refractivity contribution is 7.80. The summed E-state index contributed by atoms with van der Waals surface area (Å²) in [4.78, 5) is 19.9. The molecule has 0 fully saturated rings. The minimum atomic E-state index is -0.744. The first-order valence-corrected chi connectivity index (χ1v) is 8.46. The van der Waals surface area contributed by atoms with Crippen molar-refractivity contribution in [3.05, 3.63) is 0 Å². The molecule has 0 aliphatic carbocycles. The van der Waals surface area contributed by atoms with Gasteiger partial charge in [0, 0.05) is 12.8 Å². The summed E-state index contributed by atoms with van der Waals surface area (Å²) in [5.41, 5.74) is 0. The van der Waals surface area contributed by atoms with Gasteiger partial charge in [-0.05, 0) is 23.3 Å². The smallest absolute Gasteiger partial charge is 0.303 e. The van der Waals surface area contributed by atoms with Crippen molar-refractivity contribution < 1.29 is 34.8 Å². The van der Waals surface area contributed by atoms with Gasteiger partial charge in [0.2, 0.25) is 0 Å². The van der Waals surface area contributed by atoms with Crippen LogP contribution in [-0.2, 0) is 14.3 Å². The molecule has 0 heterocycles. The average Bonchev–Trinajstić information content (AvgIpc) is 2.47. The van der Waals surface area contributed by atoms with Gasteiger partial charge in [-0.2, -0.15) is 25.3 Å². The van der Waals surface area contributed by atoms with Crippen LogP contribution < -0.4 is 0 Å². The number of carboxylic acids is 2. The van der Waals surface area contributed by atoms with Crippen LogP contribution in [-0.4, -0.2) is 70.3 Å². The summed E-state index contributed by atoms with van der Waals surface area (Å²) in [5, 5.41) is 32.5. The Hall–Kier alpha value is -0.480. The Balaban J connectivity index is -0.000000262. The number of hydrogen-bond donors (Lipinski definition) is 6. The quantitative estimate of drug-likeness (QED) is 0.249. The second-order valence-electron chi connectivity index (χ2n) is 4.83. The molecule has 140 valence electrons. The lowest BCUT2D eigenvalue weighted by atomic mass is 10.1. The van der Waals surface area contributed by atoms with Gasteiger partial charge in [0.1, 0.15) is 0 Å². The predicted octanol–water partition coefficient (Wildman–Crippen LogP) is 1.04. The van der Waals surface area contributed by atoms with Crippen molar-refractivity contribution >= 4 is 37.2 Å². The zero-order valence-corrected chi connectivity index (χ0v) is 15.5. The van der Waals surface area contributed by atoms with Gasteiger partial charge in [0.15, 0.2) is 0 Å². The zero-order chi connectivity index (χ0) is 18.7. The topological polar surface area (TPSA) is 124 Å². The second kappa shape index (κ2) is 21.5. The van der Waals surface area contributed by atoms with Crippen LogP contribution in [0.4, 0.5) is 0 Å². The van der Waals surface area contributed by atoms with Crippen molar-refractivity contribution in [3.8, 4) is 0 Å². The van der Waals surface area contributed by atoms with E-state index in [0.717, 1.165) is 0 Å². The van der Waals surface area contributed by atoms with Gasteiger partial charge < -0.3 is 25.2 Å². The summed E-state index contributed by atoms with van der Waals surface area (Å²) in [6.45, 7) is 4.42. The molecule has 0 radical (unpaired) electrons. The van der Waals surface area contributed by atoms with Gasteiger partial charge in [-0.3, -0.25) is 9.59 Å². The van der Waals surface area contributed by atoms with Crippen LogP contribution in [0.1, 0.15) is 26.7 Å². The molecule has 0 aromatic rings. The number of aliphatic carboxylic acids is 2. The fourth-order valence-electron chi connectivity index (χ4n) is 0.956. The third kappa shape index (κ3) is 34.0. The van der Waals surface area contributed by atoms with Crippen LogP contribution in [0, 0.1) is 11.8 Å². The van der Waals surface area contributed by atoms with E-state index in [2.05, 4.69) is 30.0 Å². The maximum atomic E-state index is 9.93. The van der Waals surface area contributed by atoms with Crippen molar-refractivity contribution in [1.29, 1.82) is 0 Å². The number of hydrogen-bond acceptors (Lipinski definition) is 7. The van der Waals surface area contributed by atoms with Gasteiger partial charge in [0.05, 0.1) is 26.4 Å². The maximum absolute atomic E-state index is 9.93. The van der Waals surface area contributed by atoms with Gasteiger partial charge in [-0.1, -0.05) is 13.8 Å². The van der Waals surface area contributed by atoms with E-state index in [4.69, 9.17) is 20.4 Å². The minimum Gasteiger partial charge on any atom is -0.481 e. The third-order valence-corrected chi connectivity index (χ3v) is 3.39. The van der Waals surface area contributed by atoms with E-state index in [1.165, 1.54) is 0 Å². The molecule has 0 amide bonds. The monoisotopic (exact) mass is 374 g/mol. The van der Waals surface area contributed by atoms with Gasteiger partial charge in [-0.25, -0.2) is 0 Å². The number of aliphatic hydroxyl groups excluding tert-OH is 2. The van der Waals surface area contributed by atoms with Crippen LogP contribution >= 0.6 is 25.3 Å². The first-order chi connectivity index (χ1) is 10.7. The summed E-state index contributed by atoms with van der Waals surface area (Å²) in [7, 11) is 0. The van der Waals surface area contributed by atoms with Crippen molar-refractivity contribution in [2.45, 2.75) is 26.7 Å². The van der Waals surface area contributed by atoms with Gasteiger partial charge >= 0.3 is 11.9 Å². The Morgan fingerprint density at radius 3 is 1.30 bits per heavy atom. The molecule has 2 atom stereocenters. The SMILES string of the molecule is CC(CS)CC(=O)O.CC(CS)CC(=O)O.OCCOCCO. The van der Waals surface area contributed by atoms with Crippen molar-refractivity contribution in [1.82, 2.24) is 0 Å². The van der Waals surface area contributed by atoms with Crippen molar-refractivity contribution in [3.63, 3.8) is 0 Å². The standard InChI is InChI=1S/2C5H10O2S.C4H10O3/c2*1-4(3-8)2-5(6)7;5-1-3-7-4-2-6/h2*4,8H,2-3H2,1H3,(H,6,7);5-6H,1-4H2. The fourth-order valence-corrected chi connectivity index (χ4v) is 1.21. The Morgan fingerprint density at radius 2 is 1.17 bits per heavy atom. The second-order valence-corrected chi connectivity index (χ2v) is 5.56. The number of carbonyl (C=O) groups is 2. The summed E-state index contributed by atoms with van der Waals surface area (Å²) < 4.78 is 4.63. The summed E-state index contributed by atoms with van der Waals surface area (Å²) >= 11 is 7.85. The third-order valence-electron chi connectivity index (χ3n) is 2.14. The lowest BCUT2D eigenvalue weighted by molar-refractivity contribution is -0.138. The Morgan fingerprint density at radius 1 is 0.870 bits per heavy atom. The van der Waals surface area contributed by atoms with E-state index in [1.807, 2.05) is 13.8 Å². The van der Waals surface area contributed by atoms with Crippen molar-refractivity contribution in [2.24, 2.45) is 11.8 Å². The molecule has 0 spiro atoms. The van der Waals surface area contributed by atoms with Crippen LogP contribution in [0.15, 0.2) is 0 Å². The first-order valence-electron chi connectivity index (χ1n) is 7.19. The Bertz CT molecular complexity index is 252. The van der Waals surface area contributed by atoms with E-state index in [-0.39, 0.29) is 37.9 Å². The number of ether oxygens (including phenoxy) is 1. The molecule has 0 aliphatic heterocycles. The highest BCUT2D eigenvalue weighted by Gasteiger charge is 2.03. The Kier molecular flexibility index (Phi) is 25.6. The largest absolute Gasteiger partial charge is 0.481 e. The van der Waals surface area contributed by atoms with E-state index in [0.29, 0.717) is 24.7 Å². The zero-order valence-electron chi connectivity index (χ0n) is 13.7. The Labute approximate surface area is 148 Å². The number of carboxylic acid groups (broad SMARTS) is 2. The molecule has 7 nitrogen and oxygen atoms in total. The molecular formula is C14H30O7S2. The van der Waals surface area contributed by atoms with Crippen LogP contribution in [0.25, 0.3) is 0 Å². The predicted molar refractivity (Wildman–Crippen MR) is 95.5 cm³/mol. The fraction of sp³-hybridized carbons (Fsp3) is 0.857. The lowest BCUT2D eigenvalue weighted by Gasteiger charge is -2.00. The van der Waals surface area contributed by atoms with E-state index < -0.39 is 11.9 Å². The molecular weight excluding hydrogens is 344 g/mol. The number of rotatable bonds is 10. The number of thiol groups is 2. The molecule has 4 N–H and O–H groups in total. The van der Waals surface area contributed by atoms with Gasteiger partial charge in [-0.15, -0.1) is 0 Å². The maximum Gasteiger partial charge on any atom is 0.303 e. The molecule has 0 aromatic heterocycles. The number of aliphatic hydroxyl groups is 2. The lowest BCUT2D eigenvalue weighted by Crippen LogP contribution is -2.04. The summed E-state index contributed by atoms with van der Waals surface area (Å²) in [6.07, 6.45) is 0.451. The van der Waals surface area contributed by atoms with Crippen LogP contribution in [0.5, 0.6) is 0 Å². The molecule has 0 aromatic carbocycles. The van der Waals surface area contributed by atoms with E-state index >= 15 is 0 Å². The minimum absolute atomic E-state index is 0.0278. The molecule has 9 heteroatoms. The van der Waals surface area contributed by atoms with Crippen LogP contribution in [0.2, 0.25) is 0 Å². The molecule has 0 saturated heterocycles. The van der Waals surface area contributed by atoms with Gasteiger partial charge in [0.25, 0.3) is 0 Å². The van der Waals surface area contributed by atoms with Crippen LogP contribution in [0.3, 0.4) is 0 Å². The molecule has 0 rings (SSSR count). The normalized spacial score (nSPS) is 12.1. The average molecular weight is 375 g/mol. The highest BCUT2D eigenvalue weighted by Crippen LogP contribution is 2.02. The molecule has 0 saturated carbocycles. The summed E-state index contributed by atoms with van der Waals surface area (Å²) in [5.74, 6) is 0.184. The molecule has 23 heavy (non-hydrogen) atoms. The summed E-state index contributed by atoms with van der Waals surface area (Å²) in [6, 6.07) is 0. The molecule has 2 unspecified atom stereocenters. The molecule has 0 aliphatic rings. The highest BCUT2D eigenvalue weighted by atomic mass is 32.1. The first kappa shape index (κ1) is 27.4. The molecule has 0 bridgehead atoms.